The lowest BCUT2D eigenvalue weighted by Crippen LogP contribution is -2.24. The number of aryl methyl sites for hydroxylation is 1. The molecule has 0 aliphatic heterocycles. The van der Waals surface area contributed by atoms with Crippen LogP contribution in [0.15, 0.2) is 47.6 Å². The van der Waals surface area contributed by atoms with E-state index in [4.69, 9.17) is 9.47 Å². The van der Waals surface area contributed by atoms with Crippen LogP contribution >= 0.6 is 0 Å². The lowest BCUT2D eigenvalue weighted by molar-refractivity contribution is 0.252. The summed E-state index contributed by atoms with van der Waals surface area (Å²) in [4.78, 5) is 11.8. The van der Waals surface area contributed by atoms with Crippen molar-refractivity contribution in [1.82, 2.24) is 5.43 Å². The van der Waals surface area contributed by atoms with Crippen LogP contribution in [0.3, 0.4) is 0 Å². The number of hydrogen-bond acceptors (Lipinski definition) is 4. The number of nitrogens with one attached hydrogen (secondary N) is 2. The molecule has 0 bridgehead atoms. The number of carbonyl (C=O) groups excluding carboxylic acids is 1. The van der Waals surface area contributed by atoms with E-state index in [1.54, 1.807) is 26.4 Å². The maximum absolute atomic E-state index is 11.8. The third-order valence-electron chi connectivity index (χ3n) is 3.18. The van der Waals surface area contributed by atoms with Crippen molar-refractivity contribution < 1.29 is 14.3 Å². The second-order valence-electron chi connectivity index (χ2n) is 4.75. The fourth-order valence-electron chi connectivity index (χ4n) is 1.96. The minimum atomic E-state index is -0.406. The topological polar surface area (TPSA) is 72.0 Å². The predicted molar refractivity (Wildman–Crippen MR) is 90.5 cm³/mol. The first kappa shape index (κ1) is 16.4. The van der Waals surface area contributed by atoms with E-state index in [0.29, 0.717) is 11.5 Å². The van der Waals surface area contributed by atoms with Crippen LogP contribution in [0.5, 0.6) is 11.5 Å². The summed E-state index contributed by atoms with van der Waals surface area (Å²) in [6.45, 7) is 1.92. The molecular formula is C17H19N3O3. The molecule has 0 saturated heterocycles. The van der Waals surface area contributed by atoms with E-state index in [-0.39, 0.29) is 0 Å². The van der Waals surface area contributed by atoms with Crippen LogP contribution in [-0.2, 0) is 0 Å². The molecule has 6 heteroatoms. The summed E-state index contributed by atoms with van der Waals surface area (Å²) in [5, 5.41) is 6.64. The summed E-state index contributed by atoms with van der Waals surface area (Å²) < 4.78 is 10.4. The first-order chi connectivity index (χ1) is 11.1. The van der Waals surface area contributed by atoms with Crippen LogP contribution in [0.4, 0.5) is 10.5 Å². The van der Waals surface area contributed by atoms with Crippen LogP contribution in [-0.4, -0.2) is 26.5 Å². The number of methoxy groups -OCH3 is 2. The van der Waals surface area contributed by atoms with Gasteiger partial charge in [0.05, 0.1) is 20.4 Å². The van der Waals surface area contributed by atoms with E-state index in [0.717, 1.165) is 16.8 Å². The number of nitrogens with zero attached hydrogens (tertiary/aromatic N) is 1. The Labute approximate surface area is 135 Å². The van der Waals surface area contributed by atoms with Gasteiger partial charge in [0.1, 0.15) is 0 Å². The van der Waals surface area contributed by atoms with E-state index >= 15 is 0 Å². The number of rotatable bonds is 5. The smallest absolute Gasteiger partial charge is 0.339 e. The molecule has 0 unspecified atom stereocenters. The fraction of sp³-hybridized carbons (Fsp3) is 0.176. The van der Waals surface area contributed by atoms with Gasteiger partial charge < -0.3 is 14.8 Å². The predicted octanol–water partition coefficient (Wildman–Crippen LogP) is 3.17. The van der Waals surface area contributed by atoms with Crippen molar-refractivity contribution in [2.45, 2.75) is 6.92 Å². The minimum Gasteiger partial charge on any atom is -0.493 e. The SMILES string of the molecule is COc1ccc(/C=N\NC(=O)Nc2ccccc2C)cc1OC. The molecule has 2 amide bonds. The highest BCUT2D eigenvalue weighted by Gasteiger charge is 2.04. The molecule has 2 aromatic carbocycles. The average Bonchev–Trinajstić information content (AvgIpc) is 2.56. The molecule has 0 saturated carbocycles. The first-order valence-electron chi connectivity index (χ1n) is 7.01. The van der Waals surface area contributed by atoms with Gasteiger partial charge >= 0.3 is 6.03 Å². The van der Waals surface area contributed by atoms with Gasteiger partial charge in [-0.1, -0.05) is 18.2 Å². The largest absolute Gasteiger partial charge is 0.493 e. The van der Waals surface area contributed by atoms with E-state index in [2.05, 4.69) is 15.8 Å². The molecule has 23 heavy (non-hydrogen) atoms. The molecule has 0 spiro atoms. The Kier molecular flexibility index (Phi) is 5.57. The number of amides is 2. The van der Waals surface area contributed by atoms with Crippen LogP contribution in [0, 0.1) is 6.92 Å². The van der Waals surface area contributed by atoms with Crippen molar-refractivity contribution in [2.75, 3.05) is 19.5 Å². The van der Waals surface area contributed by atoms with Crippen molar-refractivity contribution in [3.63, 3.8) is 0 Å². The second-order valence-corrected chi connectivity index (χ2v) is 4.75. The molecular weight excluding hydrogens is 294 g/mol. The van der Waals surface area contributed by atoms with Gasteiger partial charge in [-0.05, 0) is 42.3 Å². The van der Waals surface area contributed by atoms with Crippen LogP contribution in [0.2, 0.25) is 0 Å². The summed E-state index contributed by atoms with van der Waals surface area (Å²) in [7, 11) is 3.13. The Morgan fingerprint density at radius 1 is 1.09 bits per heavy atom. The summed E-state index contributed by atoms with van der Waals surface area (Å²) in [6.07, 6.45) is 1.53. The maximum Gasteiger partial charge on any atom is 0.339 e. The standard InChI is InChI=1S/C17H19N3O3/c1-12-6-4-5-7-14(12)19-17(21)20-18-11-13-8-9-15(22-2)16(10-13)23-3/h4-11H,1-3H3,(H2,19,20,21)/b18-11-. The molecule has 6 nitrogen and oxygen atoms in total. The molecule has 0 aromatic heterocycles. The summed E-state index contributed by atoms with van der Waals surface area (Å²) >= 11 is 0. The third kappa shape index (κ3) is 4.47. The molecule has 0 fully saturated rings. The van der Waals surface area contributed by atoms with Gasteiger partial charge in [-0.25, -0.2) is 10.2 Å². The highest BCUT2D eigenvalue weighted by molar-refractivity contribution is 5.91. The Morgan fingerprint density at radius 2 is 1.83 bits per heavy atom. The van der Waals surface area contributed by atoms with Gasteiger partial charge in [0, 0.05) is 5.69 Å². The fourth-order valence-corrected chi connectivity index (χ4v) is 1.96. The Morgan fingerprint density at radius 3 is 2.52 bits per heavy atom. The van der Waals surface area contributed by atoms with Gasteiger partial charge in [-0.15, -0.1) is 0 Å². The lowest BCUT2D eigenvalue weighted by atomic mass is 10.2. The number of anilines is 1. The highest BCUT2D eigenvalue weighted by atomic mass is 16.5. The number of benzene rings is 2. The first-order valence-corrected chi connectivity index (χ1v) is 7.01. The lowest BCUT2D eigenvalue weighted by Gasteiger charge is -2.08. The average molecular weight is 313 g/mol. The zero-order valence-electron chi connectivity index (χ0n) is 13.3. The molecule has 0 aliphatic rings. The summed E-state index contributed by atoms with van der Waals surface area (Å²) in [5.41, 5.74) is 4.92. The van der Waals surface area contributed by atoms with Crippen LogP contribution in [0.1, 0.15) is 11.1 Å². The van der Waals surface area contributed by atoms with Gasteiger partial charge in [0.2, 0.25) is 0 Å². The van der Waals surface area contributed by atoms with Gasteiger partial charge in [0.25, 0.3) is 0 Å². The van der Waals surface area contributed by atoms with Crippen LogP contribution in [0.25, 0.3) is 0 Å². The van der Waals surface area contributed by atoms with Crippen molar-refractivity contribution in [3.05, 3.63) is 53.6 Å². The molecule has 0 heterocycles. The van der Waals surface area contributed by atoms with Crippen molar-refractivity contribution in [1.29, 1.82) is 0 Å². The molecule has 0 radical (unpaired) electrons. The molecule has 0 atom stereocenters. The molecule has 0 aliphatic carbocycles. The molecule has 2 aromatic rings. The Hall–Kier alpha value is -3.02. The summed E-state index contributed by atoms with van der Waals surface area (Å²) in [6, 6.07) is 12.5. The zero-order chi connectivity index (χ0) is 16.7. The third-order valence-corrected chi connectivity index (χ3v) is 3.18. The van der Waals surface area contributed by atoms with Crippen molar-refractivity contribution in [3.8, 4) is 11.5 Å². The second kappa shape index (κ2) is 7.84. The Bertz CT molecular complexity index is 714. The molecule has 120 valence electrons. The highest BCUT2D eigenvalue weighted by Crippen LogP contribution is 2.26. The van der Waals surface area contributed by atoms with Gasteiger partial charge in [-0.3, -0.25) is 0 Å². The number of hydrazone groups is 1. The van der Waals surface area contributed by atoms with E-state index in [9.17, 15) is 4.79 Å². The maximum atomic E-state index is 11.8. The van der Waals surface area contributed by atoms with Crippen molar-refractivity contribution in [2.24, 2.45) is 5.10 Å². The monoisotopic (exact) mass is 313 g/mol. The zero-order valence-corrected chi connectivity index (χ0v) is 13.3. The van der Waals surface area contributed by atoms with Crippen molar-refractivity contribution >= 4 is 17.9 Å². The van der Waals surface area contributed by atoms with E-state index in [1.165, 1.54) is 6.21 Å². The quantitative estimate of drug-likeness (QED) is 0.658. The summed E-state index contributed by atoms with van der Waals surface area (Å²) in [5.74, 6) is 1.23. The van der Waals surface area contributed by atoms with E-state index in [1.807, 2.05) is 37.3 Å². The normalized spacial score (nSPS) is 10.4. The van der Waals surface area contributed by atoms with Crippen LogP contribution < -0.4 is 20.2 Å². The van der Waals surface area contributed by atoms with Gasteiger partial charge in [-0.2, -0.15) is 5.10 Å². The number of urea groups is 1. The molecule has 2 rings (SSSR count). The van der Waals surface area contributed by atoms with Gasteiger partial charge in [0.15, 0.2) is 11.5 Å². The molecule has 2 N–H and O–H groups in total. The number of para-hydroxylation sites is 1. The minimum absolute atomic E-state index is 0.406. The Balaban J connectivity index is 1.96. The number of ether oxygens (including phenoxy) is 2. The van der Waals surface area contributed by atoms with E-state index < -0.39 is 6.03 Å². The number of hydrogen-bond donors (Lipinski definition) is 2. The number of carbonyl (C=O) groups is 1.